The quantitative estimate of drug-likeness (QED) is 0.519. The first-order chi connectivity index (χ1) is 9.18. The number of rotatable bonds is 2. The molecule has 0 spiro atoms. The average molecular weight is 287 g/mol. The van der Waals surface area contributed by atoms with Crippen molar-refractivity contribution in [2.24, 2.45) is 0 Å². The van der Waals surface area contributed by atoms with E-state index in [0.717, 1.165) is 0 Å². The van der Waals surface area contributed by atoms with E-state index in [2.05, 4.69) is 61.0 Å². The Morgan fingerprint density at radius 1 is 0.842 bits per heavy atom. The van der Waals surface area contributed by atoms with Crippen molar-refractivity contribution in [3.8, 4) is 0 Å². The molecule has 96 valence electrons. The maximum absolute atomic E-state index is 6.72. The van der Waals surface area contributed by atoms with E-state index in [1.807, 2.05) is 0 Å². The molecular formula is C17H15ClS. The molecule has 1 aromatic heterocycles. The number of benzene rings is 2. The Morgan fingerprint density at radius 2 is 1.58 bits per heavy atom. The molecule has 0 saturated carbocycles. The van der Waals surface area contributed by atoms with Crippen molar-refractivity contribution in [2.45, 2.75) is 19.2 Å². The standard InChI is InChI=1S/C17H15ClS/c1-11-7-8-15(14-6-4-3-5-13(11)14)17(18)16-10-19-9-12(16)2/h3-10,17H,1-2H3. The van der Waals surface area contributed by atoms with Gasteiger partial charge in [0.2, 0.25) is 0 Å². The van der Waals surface area contributed by atoms with Crippen molar-refractivity contribution in [1.29, 1.82) is 0 Å². The summed E-state index contributed by atoms with van der Waals surface area (Å²) in [5, 5.41) is 6.78. The first-order valence-corrected chi connectivity index (χ1v) is 7.71. The topological polar surface area (TPSA) is 0 Å². The molecule has 0 amide bonds. The summed E-state index contributed by atoms with van der Waals surface area (Å²) >= 11 is 8.43. The third-order valence-electron chi connectivity index (χ3n) is 3.62. The van der Waals surface area contributed by atoms with Gasteiger partial charge in [-0.3, -0.25) is 0 Å². The number of aryl methyl sites for hydroxylation is 2. The Bertz CT molecular complexity index is 727. The van der Waals surface area contributed by atoms with Crippen LogP contribution in [0.4, 0.5) is 0 Å². The molecule has 2 aromatic carbocycles. The van der Waals surface area contributed by atoms with Gasteiger partial charge < -0.3 is 0 Å². The molecule has 0 aliphatic carbocycles. The van der Waals surface area contributed by atoms with Crippen LogP contribution in [0, 0.1) is 13.8 Å². The van der Waals surface area contributed by atoms with E-state index in [1.165, 1.54) is 33.0 Å². The van der Waals surface area contributed by atoms with E-state index >= 15 is 0 Å². The summed E-state index contributed by atoms with van der Waals surface area (Å²) in [6.07, 6.45) is 0. The minimum atomic E-state index is -0.0725. The van der Waals surface area contributed by atoms with Crippen LogP contribution in [0.1, 0.15) is 27.6 Å². The van der Waals surface area contributed by atoms with E-state index < -0.39 is 0 Å². The van der Waals surface area contributed by atoms with Gasteiger partial charge >= 0.3 is 0 Å². The third-order valence-corrected chi connectivity index (χ3v) is 4.97. The minimum absolute atomic E-state index is 0.0725. The van der Waals surface area contributed by atoms with Crippen LogP contribution in [-0.2, 0) is 0 Å². The van der Waals surface area contributed by atoms with Gasteiger partial charge in [-0.05, 0) is 57.6 Å². The van der Waals surface area contributed by atoms with Crippen molar-refractivity contribution in [3.05, 3.63) is 69.4 Å². The lowest BCUT2D eigenvalue weighted by molar-refractivity contribution is 1.14. The second-order valence-corrected chi connectivity index (χ2v) is 6.07. The lowest BCUT2D eigenvalue weighted by Gasteiger charge is -2.14. The van der Waals surface area contributed by atoms with Crippen molar-refractivity contribution < 1.29 is 0 Å². The zero-order valence-electron chi connectivity index (χ0n) is 11.0. The second-order valence-electron chi connectivity index (χ2n) is 4.89. The zero-order chi connectivity index (χ0) is 13.4. The normalized spacial score (nSPS) is 12.8. The summed E-state index contributed by atoms with van der Waals surface area (Å²) in [6.45, 7) is 4.27. The summed E-state index contributed by atoms with van der Waals surface area (Å²) in [5.74, 6) is 0. The Morgan fingerprint density at radius 3 is 2.26 bits per heavy atom. The molecule has 0 aliphatic rings. The van der Waals surface area contributed by atoms with E-state index in [0.29, 0.717) is 0 Å². The fraction of sp³-hybridized carbons (Fsp3) is 0.176. The predicted octanol–water partition coefficient (Wildman–Crippen LogP) is 5.85. The van der Waals surface area contributed by atoms with E-state index in [4.69, 9.17) is 11.6 Å². The van der Waals surface area contributed by atoms with Gasteiger partial charge in [-0.2, -0.15) is 11.3 Å². The molecule has 0 nitrogen and oxygen atoms in total. The van der Waals surface area contributed by atoms with E-state index in [9.17, 15) is 0 Å². The Labute approximate surface area is 122 Å². The molecule has 0 N–H and O–H groups in total. The molecule has 0 saturated heterocycles. The first kappa shape index (κ1) is 12.7. The van der Waals surface area contributed by atoms with Crippen molar-refractivity contribution in [1.82, 2.24) is 0 Å². The molecule has 2 heteroatoms. The average Bonchev–Trinajstić information content (AvgIpc) is 2.85. The predicted molar refractivity (Wildman–Crippen MR) is 85.4 cm³/mol. The SMILES string of the molecule is Cc1cscc1C(Cl)c1ccc(C)c2ccccc12. The monoisotopic (exact) mass is 286 g/mol. The molecule has 0 fully saturated rings. The summed E-state index contributed by atoms with van der Waals surface area (Å²) < 4.78 is 0. The van der Waals surface area contributed by atoms with Gasteiger partial charge in [0.05, 0.1) is 5.38 Å². The van der Waals surface area contributed by atoms with Crippen LogP contribution in [0.15, 0.2) is 47.2 Å². The van der Waals surface area contributed by atoms with Gasteiger partial charge in [-0.15, -0.1) is 11.6 Å². The Kier molecular flexibility index (Phi) is 3.34. The molecular weight excluding hydrogens is 272 g/mol. The van der Waals surface area contributed by atoms with Gasteiger partial charge in [-0.1, -0.05) is 36.4 Å². The third kappa shape index (κ3) is 2.18. The number of halogens is 1. The highest BCUT2D eigenvalue weighted by atomic mass is 35.5. The fourth-order valence-electron chi connectivity index (χ4n) is 2.49. The first-order valence-electron chi connectivity index (χ1n) is 6.33. The highest BCUT2D eigenvalue weighted by Crippen LogP contribution is 2.37. The van der Waals surface area contributed by atoms with Crippen LogP contribution in [0.5, 0.6) is 0 Å². The number of fused-ring (bicyclic) bond motifs is 1. The molecule has 19 heavy (non-hydrogen) atoms. The van der Waals surface area contributed by atoms with Crippen molar-refractivity contribution in [3.63, 3.8) is 0 Å². The van der Waals surface area contributed by atoms with Crippen LogP contribution in [0.2, 0.25) is 0 Å². The highest BCUT2D eigenvalue weighted by Gasteiger charge is 2.16. The molecule has 0 radical (unpaired) electrons. The molecule has 3 aromatic rings. The van der Waals surface area contributed by atoms with Gasteiger partial charge in [-0.25, -0.2) is 0 Å². The molecule has 1 atom stereocenters. The summed E-state index contributed by atoms with van der Waals surface area (Å²) in [6, 6.07) is 12.8. The van der Waals surface area contributed by atoms with Crippen LogP contribution in [-0.4, -0.2) is 0 Å². The molecule has 0 aliphatic heterocycles. The van der Waals surface area contributed by atoms with Crippen LogP contribution in [0.25, 0.3) is 10.8 Å². The molecule has 1 heterocycles. The van der Waals surface area contributed by atoms with Gasteiger partial charge in [0, 0.05) is 0 Å². The molecule has 1 unspecified atom stereocenters. The number of alkyl halides is 1. The molecule has 0 bridgehead atoms. The van der Waals surface area contributed by atoms with Gasteiger partial charge in [0.25, 0.3) is 0 Å². The maximum atomic E-state index is 6.72. The number of thiophene rings is 1. The van der Waals surface area contributed by atoms with E-state index in [1.54, 1.807) is 11.3 Å². The fourth-order valence-corrected chi connectivity index (χ4v) is 3.87. The van der Waals surface area contributed by atoms with E-state index in [-0.39, 0.29) is 5.38 Å². The van der Waals surface area contributed by atoms with Crippen LogP contribution in [0.3, 0.4) is 0 Å². The highest BCUT2D eigenvalue weighted by molar-refractivity contribution is 7.08. The summed E-state index contributed by atoms with van der Waals surface area (Å²) in [5.41, 5.74) is 4.99. The smallest absolute Gasteiger partial charge is 0.0852 e. The maximum Gasteiger partial charge on any atom is 0.0852 e. The lowest BCUT2D eigenvalue weighted by atomic mass is 9.95. The number of hydrogen-bond acceptors (Lipinski definition) is 1. The largest absolute Gasteiger partial charge is 0.152 e. The van der Waals surface area contributed by atoms with Gasteiger partial charge in [0.15, 0.2) is 0 Å². The summed E-state index contributed by atoms with van der Waals surface area (Å²) in [7, 11) is 0. The second kappa shape index (κ2) is 4.99. The molecule has 3 rings (SSSR count). The Balaban J connectivity index is 2.21. The number of hydrogen-bond donors (Lipinski definition) is 0. The van der Waals surface area contributed by atoms with Crippen molar-refractivity contribution >= 4 is 33.7 Å². The lowest BCUT2D eigenvalue weighted by Crippen LogP contribution is -1.95. The van der Waals surface area contributed by atoms with Crippen LogP contribution >= 0.6 is 22.9 Å². The Hall–Kier alpha value is -1.31. The van der Waals surface area contributed by atoms with Crippen molar-refractivity contribution in [2.75, 3.05) is 0 Å². The van der Waals surface area contributed by atoms with Crippen LogP contribution < -0.4 is 0 Å². The zero-order valence-corrected chi connectivity index (χ0v) is 12.6. The summed E-state index contributed by atoms with van der Waals surface area (Å²) in [4.78, 5) is 0. The minimum Gasteiger partial charge on any atom is -0.152 e. The van der Waals surface area contributed by atoms with Gasteiger partial charge in [0.1, 0.15) is 0 Å².